The fraction of sp³-hybridized carbons (Fsp3) is 0.571. The van der Waals surface area contributed by atoms with Crippen LogP contribution >= 0.6 is 0 Å². The highest BCUT2D eigenvalue weighted by Crippen LogP contribution is 2.32. The number of amides is 4. The van der Waals surface area contributed by atoms with E-state index >= 15 is 0 Å². The summed E-state index contributed by atoms with van der Waals surface area (Å²) in [5.74, 6) is -0.0448. The Hall–Kier alpha value is -2.77. The quantitative estimate of drug-likeness (QED) is 0.807. The van der Waals surface area contributed by atoms with Crippen molar-refractivity contribution in [1.29, 1.82) is 0 Å². The second-order valence-electron chi connectivity index (χ2n) is 7.69. The topological polar surface area (TPSA) is 91.0 Å². The van der Waals surface area contributed by atoms with Crippen LogP contribution in [0.3, 0.4) is 0 Å². The molecule has 8 heteroatoms. The lowest BCUT2D eigenvalue weighted by molar-refractivity contribution is -0.137. The first kappa shape index (κ1) is 21.0. The van der Waals surface area contributed by atoms with Crippen LogP contribution in [0, 0.1) is 0 Å². The molecule has 1 aliphatic heterocycles. The first-order valence-corrected chi connectivity index (χ1v) is 10.3. The number of carbonyl (C=O) groups excluding carboxylic acids is 3. The van der Waals surface area contributed by atoms with Crippen LogP contribution in [0.5, 0.6) is 0 Å². The third-order valence-corrected chi connectivity index (χ3v) is 5.73. The number of benzene rings is 1. The van der Waals surface area contributed by atoms with E-state index in [1.54, 1.807) is 9.80 Å². The van der Waals surface area contributed by atoms with Crippen molar-refractivity contribution in [3.05, 3.63) is 35.9 Å². The van der Waals surface area contributed by atoms with Crippen LogP contribution in [0.4, 0.5) is 9.59 Å². The summed E-state index contributed by atoms with van der Waals surface area (Å²) in [6, 6.07) is 9.34. The minimum atomic E-state index is -0.860. The number of methoxy groups -OCH3 is 1. The lowest BCUT2D eigenvalue weighted by Crippen LogP contribution is -2.60. The second-order valence-corrected chi connectivity index (χ2v) is 7.69. The van der Waals surface area contributed by atoms with Gasteiger partial charge >= 0.3 is 12.1 Å². The SMILES string of the molecule is COC(=O)N1CCCN(C(=O)C2(NC(=O)NCc3ccccc3)CCCC2)CC1. The number of ether oxygens (including phenoxy) is 1. The van der Waals surface area contributed by atoms with Gasteiger partial charge in [-0.25, -0.2) is 9.59 Å². The van der Waals surface area contributed by atoms with Gasteiger partial charge in [-0.2, -0.15) is 0 Å². The molecule has 0 unspecified atom stereocenters. The first-order chi connectivity index (χ1) is 14.0. The Balaban J connectivity index is 1.61. The molecule has 1 saturated carbocycles. The first-order valence-electron chi connectivity index (χ1n) is 10.3. The normalized spacial score (nSPS) is 18.7. The lowest BCUT2D eigenvalue weighted by atomic mass is 9.95. The van der Waals surface area contributed by atoms with Crippen LogP contribution in [0.1, 0.15) is 37.7 Å². The molecule has 2 fully saturated rings. The number of nitrogens with zero attached hydrogens (tertiary/aromatic N) is 2. The summed E-state index contributed by atoms with van der Waals surface area (Å²) in [5, 5.41) is 5.84. The van der Waals surface area contributed by atoms with Gasteiger partial charge in [-0.3, -0.25) is 4.79 Å². The van der Waals surface area contributed by atoms with Gasteiger partial charge in [-0.1, -0.05) is 43.2 Å². The molecule has 1 heterocycles. The summed E-state index contributed by atoms with van der Waals surface area (Å²) in [6.45, 7) is 2.43. The van der Waals surface area contributed by atoms with Gasteiger partial charge in [-0.15, -0.1) is 0 Å². The highest BCUT2D eigenvalue weighted by atomic mass is 16.5. The van der Waals surface area contributed by atoms with Crippen molar-refractivity contribution in [2.75, 3.05) is 33.3 Å². The van der Waals surface area contributed by atoms with E-state index in [1.807, 2.05) is 30.3 Å². The fourth-order valence-electron chi connectivity index (χ4n) is 4.15. The monoisotopic (exact) mass is 402 g/mol. The van der Waals surface area contributed by atoms with E-state index < -0.39 is 5.54 Å². The van der Waals surface area contributed by atoms with Crippen molar-refractivity contribution in [1.82, 2.24) is 20.4 Å². The van der Waals surface area contributed by atoms with Crippen molar-refractivity contribution in [3.63, 3.8) is 0 Å². The largest absolute Gasteiger partial charge is 0.453 e. The Kier molecular flexibility index (Phi) is 6.95. The van der Waals surface area contributed by atoms with Crippen LogP contribution in [0.15, 0.2) is 30.3 Å². The van der Waals surface area contributed by atoms with Crippen LogP contribution in [-0.4, -0.2) is 66.7 Å². The van der Waals surface area contributed by atoms with Crippen molar-refractivity contribution >= 4 is 18.0 Å². The predicted molar refractivity (Wildman–Crippen MR) is 108 cm³/mol. The second kappa shape index (κ2) is 9.62. The van der Waals surface area contributed by atoms with E-state index in [-0.39, 0.29) is 18.0 Å². The van der Waals surface area contributed by atoms with Gasteiger partial charge in [0.05, 0.1) is 7.11 Å². The number of carbonyl (C=O) groups is 3. The molecular weight excluding hydrogens is 372 g/mol. The molecule has 0 atom stereocenters. The molecule has 158 valence electrons. The molecule has 0 aromatic heterocycles. The Morgan fingerprint density at radius 1 is 0.966 bits per heavy atom. The summed E-state index contributed by atoms with van der Waals surface area (Å²) in [7, 11) is 1.36. The van der Waals surface area contributed by atoms with E-state index in [4.69, 9.17) is 4.74 Å². The van der Waals surface area contributed by atoms with E-state index in [0.29, 0.717) is 52.0 Å². The van der Waals surface area contributed by atoms with Crippen LogP contribution in [0.25, 0.3) is 0 Å². The minimum Gasteiger partial charge on any atom is -0.453 e. The maximum Gasteiger partial charge on any atom is 0.409 e. The number of urea groups is 1. The molecule has 0 bridgehead atoms. The van der Waals surface area contributed by atoms with Crippen molar-refractivity contribution < 1.29 is 19.1 Å². The minimum absolute atomic E-state index is 0.0448. The predicted octanol–water partition coefficient (Wildman–Crippen LogP) is 2.10. The van der Waals surface area contributed by atoms with E-state index in [9.17, 15) is 14.4 Å². The molecule has 0 radical (unpaired) electrons. The third kappa shape index (κ3) is 5.19. The zero-order valence-electron chi connectivity index (χ0n) is 17.0. The molecule has 8 nitrogen and oxygen atoms in total. The van der Waals surface area contributed by atoms with Crippen LogP contribution in [-0.2, 0) is 16.1 Å². The van der Waals surface area contributed by atoms with E-state index in [0.717, 1.165) is 18.4 Å². The molecule has 2 aliphatic rings. The molecule has 4 amide bonds. The van der Waals surface area contributed by atoms with E-state index in [1.165, 1.54) is 7.11 Å². The third-order valence-electron chi connectivity index (χ3n) is 5.73. The molecular formula is C21H30N4O4. The average Bonchev–Trinajstić information content (AvgIpc) is 3.08. The Bertz CT molecular complexity index is 719. The maximum atomic E-state index is 13.4. The molecule has 29 heavy (non-hydrogen) atoms. The summed E-state index contributed by atoms with van der Waals surface area (Å²) in [5.41, 5.74) is 0.145. The van der Waals surface area contributed by atoms with Crippen molar-refractivity contribution in [2.24, 2.45) is 0 Å². The van der Waals surface area contributed by atoms with Gasteiger partial charge in [0.15, 0.2) is 0 Å². The van der Waals surface area contributed by atoms with Crippen molar-refractivity contribution in [2.45, 2.75) is 44.2 Å². The average molecular weight is 402 g/mol. The standard InChI is InChI=1S/C21H30N4O4/c1-29-20(28)25-13-7-12-24(14-15-25)18(26)21(10-5-6-11-21)23-19(27)22-16-17-8-3-2-4-9-17/h2-4,8-9H,5-7,10-16H2,1H3,(H2,22,23,27). The summed E-state index contributed by atoms with van der Waals surface area (Å²) < 4.78 is 4.79. The molecule has 1 saturated heterocycles. The summed E-state index contributed by atoms with van der Waals surface area (Å²) in [4.78, 5) is 41.1. The smallest absolute Gasteiger partial charge is 0.409 e. The number of hydrogen-bond acceptors (Lipinski definition) is 4. The molecule has 1 aliphatic carbocycles. The molecule has 3 rings (SSSR count). The Morgan fingerprint density at radius 3 is 2.31 bits per heavy atom. The van der Waals surface area contributed by atoms with Gasteiger partial charge in [0.25, 0.3) is 0 Å². The molecule has 1 aromatic carbocycles. The fourth-order valence-corrected chi connectivity index (χ4v) is 4.15. The van der Waals surface area contributed by atoms with E-state index in [2.05, 4.69) is 10.6 Å². The number of rotatable bonds is 4. The zero-order valence-corrected chi connectivity index (χ0v) is 17.0. The maximum absolute atomic E-state index is 13.4. The molecule has 1 aromatic rings. The van der Waals surface area contributed by atoms with Crippen LogP contribution < -0.4 is 10.6 Å². The van der Waals surface area contributed by atoms with Crippen molar-refractivity contribution in [3.8, 4) is 0 Å². The highest BCUT2D eigenvalue weighted by molar-refractivity contribution is 5.91. The summed E-state index contributed by atoms with van der Waals surface area (Å²) in [6.07, 6.45) is 3.42. The molecule has 2 N–H and O–H groups in total. The molecule has 0 spiro atoms. The highest BCUT2D eigenvalue weighted by Gasteiger charge is 2.45. The Morgan fingerprint density at radius 2 is 1.62 bits per heavy atom. The van der Waals surface area contributed by atoms with Gasteiger partial charge in [0, 0.05) is 32.7 Å². The number of nitrogens with one attached hydrogen (secondary N) is 2. The van der Waals surface area contributed by atoms with Crippen LogP contribution in [0.2, 0.25) is 0 Å². The van der Waals surface area contributed by atoms with Gasteiger partial charge < -0.3 is 25.2 Å². The zero-order chi connectivity index (χ0) is 20.7. The number of hydrogen-bond donors (Lipinski definition) is 2. The van der Waals surface area contributed by atoms with Gasteiger partial charge in [-0.05, 0) is 24.8 Å². The summed E-state index contributed by atoms with van der Waals surface area (Å²) >= 11 is 0. The van der Waals surface area contributed by atoms with Gasteiger partial charge in [0.2, 0.25) is 5.91 Å². The lowest BCUT2D eigenvalue weighted by Gasteiger charge is -2.34. The van der Waals surface area contributed by atoms with Gasteiger partial charge in [0.1, 0.15) is 5.54 Å². The Labute approximate surface area is 171 Å².